The van der Waals surface area contributed by atoms with Gasteiger partial charge in [-0.25, -0.2) is 4.99 Å². The largest absolute Gasteiger partial charge is 0.494 e. The van der Waals surface area contributed by atoms with Gasteiger partial charge in [0.1, 0.15) is 5.75 Å². The molecule has 1 N–H and O–H groups in total. The van der Waals surface area contributed by atoms with E-state index in [4.69, 9.17) is 19.6 Å². The van der Waals surface area contributed by atoms with Crippen LogP contribution in [0.1, 0.15) is 41.7 Å². The van der Waals surface area contributed by atoms with Gasteiger partial charge in [-0.15, -0.1) is 0 Å². The Morgan fingerprint density at radius 2 is 1.81 bits per heavy atom. The number of ether oxygens (including phenoxy) is 2. The number of hydrogen-bond donors (Lipinski definition) is 1. The summed E-state index contributed by atoms with van der Waals surface area (Å²) in [5.74, 6) is 0.301. The summed E-state index contributed by atoms with van der Waals surface area (Å²) in [6.07, 6.45) is 0.125. The zero-order valence-electron chi connectivity index (χ0n) is 20.4. The summed E-state index contributed by atoms with van der Waals surface area (Å²) < 4.78 is 13.0. The highest BCUT2D eigenvalue weighted by Crippen LogP contribution is 2.45. The van der Waals surface area contributed by atoms with Crippen LogP contribution in [0.3, 0.4) is 0 Å². The minimum absolute atomic E-state index is 0.0662. The van der Waals surface area contributed by atoms with Crippen molar-refractivity contribution in [1.82, 2.24) is 4.90 Å². The van der Waals surface area contributed by atoms with E-state index in [-0.39, 0.29) is 25.0 Å². The van der Waals surface area contributed by atoms with E-state index < -0.39 is 11.6 Å². The number of fused-ring (bicyclic) bond motifs is 1. The number of halogens is 1. The number of hydrogen-bond acceptors (Lipinski definition) is 6. The number of imide groups is 1. The van der Waals surface area contributed by atoms with E-state index in [0.717, 1.165) is 21.2 Å². The average Bonchev–Trinajstić information content (AvgIpc) is 3.23. The molecule has 2 amide bonds. The van der Waals surface area contributed by atoms with E-state index >= 15 is 0 Å². The van der Waals surface area contributed by atoms with Crippen LogP contribution in [0.2, 0.25) is 0 Å². The van der Waals surface area contributed by atoms with E-state index in [1.807, 2.05) is 72.8 Å². The standard InChI is InChI=1S/C29H27BrN2O5/c1-19(34)32-18-23-6-3-2-5-22(23)17-29(28(32)35)26(20-7-11-24(30)12-8-20)37-27(31-29)21-9-13-25(14-10-21)36-16-4-15-33/h2-3,5-14,26,33H,4,15-18H2,1H3/t26-,29-/m1/s1. The maximum absolute atomic E-state index is 14.2. The van der Waals surface area contributed by atoms with Gasteiger partial charge in [-0.2, -0.15) is 0 Å². The van der Waals surface area contributed by atoms with Gasteiger partial charge in [0, 0.05) is 36.4 Å². The molecule has 0 bridgehead atoms. The van der Waals surface area contributed by atoms with Gasteiger partial charge in [-0.05, 0) is 53.1 Å². The first-order valence-electron chi connectivity index (χ1n) is 12.2. The van der Waals surface area contributed by atoms with Crippen LogP contribution in [-0.4, -0.2) is 46.5 Å². The Kier molecular flexibility index (Phi) is 7.13. The van der Waals surface area contributed by atoms with Crippen molar-refractivity contribution in [1.29, 1.82) is 0 Å². The third-order valence-corrected chi connectivity index (χ3v) is 7.24. The molecule has 0 saturated heterocycles. The van der Waals surface area contributed by atoms with Crippen LogP contribution in [0.5, 0.6) is 5.75 Å². The Morgan fingerprint density at radius 3 is 2.49 bits per heavy atom. The number of aliphatic hydroxyl groups is 1. The van der Waals surface area contributed by atoms with Gasteiger partial charge in [-0.1, -0.05) is 52.3 Å². The quantitative estimate of drug-likeness (QED) is 0.443. The second-order valence-electron chi connectivity index (χ2n) is 9.20. The molecule has 190 valence electrons. The third-order valence-electron chi connectivity index (χ3n) is 6.71. The van der Waals surface area contributed by atoms with Gasteiger partial charge in [0.05, 0.1) is 13.2 Å². The van der Waals surface area contributed by atoms with Crippen LogP contribution in [0.15, 0.2) is 82.3 Å². The van der Waals surface area contributed by atoms with Gasteiger partial charge < -0.3 is 14.6 Å². The molecule has 0 aromatic heterocycles. The number of benzene rings is 3. The Hall–Kier alpha value is -3.49. The second-order valence-corrected chi connectivity index (χ2v) is 10.1. The molecule has 5 rings (SSSR count). The van der Waals surface area contributed by atoms with Crippen molar-refractivity contribution in [3.05, 3.63) is 99.5 Å². The fourth-order valence-electron chi connectivity index (χ4n) is 4.81. The summed E-state index contributed by atoms with van der Waals surface area (Å²) >= 11 is 3.48. The normalized spacial score (nSPS) is 20.7. The lowest BCUT2D eigenvalue weighted by Gasteiger charge is -2.32. The number of nitrogens with zero attached hydrogens (tertiary/aromatic N) is 2. The zero-order valence-corrected chi connectivity index (χ0v) is 22.0. The molecule has 2 aliphatic heterocycles. The molecule has 2 atom stereocenters. The molecule has 0 aliphatic carbocycles. The minimum Gasteiger partial charge on any atom is -0.494 e. The van der Waals surface area contributed by atoms with Crippen molar-refractivity contribution in [2.24, 2.45) is 4.99 Å². The summed E-state index contributed by atoms with van der Waals surface area (Å²) in [6.45, 7) is 2.08. The molecule has 0 fully saturated rings. The molecule has 3 aromatic rings. The first-order chi connectivity index (χ1) is 17.9. The van der Waals surface area contributed by atoms with Crippen LogP contribution < -0.4 is 4.74 Å². The van der Waals surface area contributed by atoms with Gasteiger partial charge in [0.15, 0.2) is 11.6 Å². The molecular weight excluding hydrogens is 536 g/mol. The molecule has 0 unspecified atom stereocenters. The molecule has 0 radical (unpaired) electrons. The Morgan fingerprint density at radius 1 is 1.11 bits per heavy atom. The van der Waals surface area contributed by atoms with Gasteiger partial charge in [-0.3, -0.25) is 14.5 Å². The summed E-state index contributed by atoms with van der Waals surface area (Å²) in [5.41, 5.74) is 2.03. The molecule has 7 nitrogen and oxygen atoms in total. The smallest absolute Gasteiger partial charge is 0.262 e. The van der Waals surface area contributed by atoms with E-state index in [1.165, 1.54) is 11.8 Å². The van der Waals surface area contributed by atoms with E-state index in [0.29, 0.717) is 36.7 Å². The number of carbonyl (C=O) groups excluding carboxylic acids is 2. The molecular formula is C29H27BrN2O5. The molecule has 37 heavy (non-hydrogen) atoms. The average molecular weight is 563 g/mol. The Bertz CT molecular complexity index is 1340. The van der Waals surface area contributed by atoms with Gasteiger partial charge >= 0.3 is 0 Å². The van der Waals surface area contributed by atoms with Crippen LogP contribution in [0.25, 0.3) is 0 Å². The highest BCUT2D eigenvalue weighted by molar-refractivity contribution is 9.10. The SMILES string of the molecule is CC(=O)N1Cc2ccccc2C[C@]2(N=C(c3ccc(OCCCO)cc3)O[C@@H]2c2ccc(Br)cc2)C1=O. The van der Waals surface area contributed by atoms with Crippen molar-refractivity contribution in [3.63, 3.8) is 0 Å². The van der Waals surface area contributed by atoms with Crippen LogP contribution in [0.4, 0.5) is 0 Å². The monoisotopic (exact) mass is 562 g/mol. The highest BCUT2D eigenvalue weighted by Gasteiger charge is 2.56. The lowest BCUT2D eigenvalue weighted by atomic mass is 9.82. The number of aliphatic imine (C=N–C) groups is 1. The Balaban J connectivity index is 1.60. The zero-order chi connectivity index (χ0) is 26.0. The van der Waals surface area contributed by atoms with Crippen molar-refractivity contribution in [2.45, 2.75) is 38.0 Å². The predicted molar refractivity (Wildman–Crippen MR) is 142 cm³/mol. The van der Waals surface area contributed by atoms with E-state index in [1.54, 1.807) is 0 Å². The van der Waals surface area contributed by atoms with Crippen molar-refractivity contribution in [2.75, 3.05) is 13.2 Å². The van der Waals surface area contributed by atoms with Crippen LogP contribution in [-0.2, 0) is 27.3 Å². The number of carbonyl (C=O) groups is 2. The molecule has 8 heteroatoms. The maximum Gasteiger partial charge on any atom is 0.262 e. The van der Waals surface area contributed by atoms with Crippen LogP contribution in [0, 0.1) is 0 Å². The molecule has 2 aliphatic rings. The fourth-order valence-corrected chi connectivity index (χ4v) is 5.07. The highest BCUT2D eigenvalue weighted by atomic mass is 79.9. The van der Waals surface area contributed by atoms with E-state index in [2.05, 4.69) is 15.9 Å². The summed E-state index contributed by atoms with van der Waals surface area (Å²) in [6, 6.07) is 22.7. The van der Waals surface area contributed by atoms with Gasteiger partial charge in [0.2, 0.25) is 11.8 Å². The summed E-state index contributed by atoms with van der Waals surface area (Å²) in [4.78, 5) is 33.1. The molecule has 1 spiro atoms. The Labute approximate surface area is 223 Å². The lowest BCUT2D eigenvalue weighted by molar-refractivity contribution is -0.149. The minimum atomic E-state index is -1.35. The lowest BCUT2D eigenvalue weighted by Crippen LogP contribution is -2.51. The first kappa shape index (κ1) is 25.2. The van der Waals surface area contributed by atoms with Crippen molar-refractivity contribution in [3.8, 4) is 5.75 Å². The van der Waals surface area contributed by atoms with Crippen molar-refractivity contribution < 1.29 is 24.2 Å². The fraction of sp³-hybridized carbons (Fsp3) is 0.276. The third kappa shape index (κ3) is 4.91. The maximum atomic E-state index is 14.2. The first-order valence-corrected chi connectivity index (χ1v) is 13.0. The number of aliphatic hydroxyl groups excluding tert-OH is 1. The van der Waals surface area contributed by atoms with Crippen LogP contribution >= 0.6 is 15.9 Å². The molecule has 3 aromatic carbocycles. The number of amides is 2. The predicted octanol–water partition coefficient (Wildman–Crippen LogP) is 4.60. The second kappa shape index (κ2) is 10.5. The summed E-state index contributed by atoms with van der Waals surface area (Å²) in [7, 11) is 0. The number of rotatable bonds is 6. The molecule has 2 heterocycles. The topological polar surface area (TPSA) is 88.4 Å². The summed E-state index contributed by atoms with van der Waals surface area (Å²) in [5, 5.41) is 8.98. The van der Waals surface area contributed by atoms with Gasteiger partial charge in [0.25, 0.3) is 5.91 Å². The molecule has 0 saturated carbocycles. The van der Waals surface area contributed by atoms with E-state index in [9.17, 15) is 9.59 Å². The van der Waals surface area contributed by atoms with Crippen molar-refractivity contribution >= 4 is 33.6 Å².